The summed E-state index contributed by atoms with van der Waals surface area (Å²) in [6.07, 6.45) is 6.58. The standard InChI is InChI=1S/C11H12ClN5/c12-9-7-5-14-10(13)16-17(7)8(15-9)4-11-1-6(2-11)3-11/h5-6H,1-4H2,(H2,13,16). The Hall–Kier alpha value is -1.36. The van der Waals surface area contributed by atoms with Crippen LogP contribution in [0.15, 0.2) is 6.20 Å². The summed E-state index contributed by atoms with van der Waals surface area (Å²) >= 11 is 6.08. The van der Waals surface area contributed by atoms with Crippen LogP contribution in [0.4, 0.5) is 5.95 Å². The molecule has 3 fully saturated rings. The largest absolute Gasteiger partial charge is 0.367 e. The molecule has 2 bridgehead atoms. The van der Waals surface area contributed by atoms with Gasteiger partial charge >= 0.3 is 0 Å². The van der Waals surface area contributed by atoms with Crippen molar-refractivity contribution in [2.75, 3.05) is 5.73 Å². The summed E-state index contributed by atoms with van der Waals surface area (Å²) in [5, 5.41) is 4.66. The average Bonchev–Trinajstić information content (AvgIpc) is 2.47. The van der Waals surface area contributed by atoms with Gasteiger partial charge in [0.2, 0.25) is 5.95 Å². The molecule has 2 aromatic heterocycles. The molecule has 6 heteroatoms. The van der Waals surface area contributed by atoms with Crippen LogP contribution in [0.25, 0.3) is 5.52 Å². The fraction of sp³-hybridized carbons (Fsp3) is 0.545. The number of anilines is 1. The lowest BCUT2D eigenvalue weighted by Crippen LogP contribution is -2.53. The van der Waals surface area contributed by atoms with E-state index in [2.05, 4.69) is 15.1 Å². The van der Waals surface area contributed by atoms with Crippen LogP contribution in [-0.4, -0.2) is 19.6 Å². The quantitative estimate of drug-likeness (QED) is 0.880. The molecule has 3 saturated carbocycles. The zero-order valence-corrected chi connectivity index (χ0v) is 9.98. The number of nitrogen functional groups attached to an aromatic ring is 1. The zero-order chi connectivity index (χ0) is 11.6. The fourth-order valence-electron chi connectivity index (χ4n) is 3.24. The molecule has 0 aromatic carbocycles. The van der Waals surface area contributed by atoms with Gasteiger partial charge in [-0.1, -0.05) is 11.6 Å². The third-order valence-electron chi connectivity index (χ3n) is 4.13. The highest BCUT2D eigenvalue weighted by atomic mass is 35.5. The Kier molecular flexibility index (Phi) is 1.65. The van der Waals surface area contributed by atoms with E-state index in [0.717, 1.165) is 23.7 Å². The van der Waals surface area contributed by atoms with E-state index in [1.54, 1.807) is 10.7 Å². The summed E-state index contributed by atoms with van der Waals surface area (Å²) < 4.78 is 1.74. The van der Waals surface area contributed by atoms with Crippen molar-refractivity contribution in [2.24, 2.45) is 11.3 Å². The maximum absolute atomic E-state index is 6.08. The van der Waals surface area contributed by atoms with Gasteiger partial charge in [-0.2, -0.15) is 0 Å². The molecule has 2 aromatic rings. The van der Waals surface area contributed by atoms with Gasteiger partial charge in [-0.25, -0.2) is 14.5 Å². The Bertz CT molecular complexity index is 603. The summed E-state index contributed by atoms with van der Waals surface area (Å²) in [5.41, 5.74) is 6.83. The Balaban J connectivity index is 1.80. The number of rotatable bonds is 2. The van der Waals surface area contributed by atoms with E-state index in [-0.39, 0.29) is 5.95 Å². The molecular formula is C11H12ClN5. The minimum absolute atomic E-state index is 0.255. The van der Waals surface area contributed by atoms with Crippen LogP contribution in [0.3, 0.4) is 0 Å². The van der Waals surface area contributed by atoms with Crippen LogP contribution >= 0.6 is 11.6 Å². The first-order chi connectivity index (χ1) is 8.15. The summed E-state index contributed by atoms with van der Waals surface area (Å²) in [5.74, 6) is 2.14. The second kappa shape index (κ2) is 2.90. The normalized spacial score (nSPS) is 30.1. The van der Waals surface area contributed by atoms with Crippen molar-refractivity contribution < 1.29 is 0 Å². The van der Waals surface area contributed by atoms with Gasteiger partial charge in [0.05, 0.1) is 6.20 Å². The van der Waals surface area contributed by atoms with Crippen LogP contribution in [0.2, 0.25) is 5.15 Å². The minimum atomic E-state index is 0.255. The van der Waals surface area contributed by atoms with Gasteiger partial charge in [-0.05, 0) is 30.6 Å². The molecule has 0 unspecified atom stereocenters. The van der Waals surface area contributed by atoms with E-state index in [1.807, 2.05) is 0 Å². The zero-order valence-electron chi connectivity index (χ0n) is 9.23. The molecule has 3 aliphatic carbocycles. The van der Waals surface area contributed by atoms with Crippen LogP contribution in [0.1, 0.15) is 25.1 Å². The number of aromatic nitrogens is 4. The molecule has 0 spiro atoms. The third kappa shape index (κ3) is 1.23. The van der Waals surface area contributed by atoms with Crippen molar-refractivity contribution in [1.82, 2.24) is 19.6 Å². The van der Waals surface area contributed by atoms with Crippen molar-refractivity contribution in [3.63, 3.8) is 0 Å². The lowest BCUT2D eigenvalue weighted by atomic mass is 9.43. The number of hydrogen-bond donors (Lipinski definition) is 1. The van der Waals surface area contributed by atoms with Gasteiger partial charge in [0.15, 0.2) is 5.15 Å². The Morgan fingerprint density at radius 1 is 1.47 bits per heavy atom. The SMILES string of the molecule is Nc1ncc2c(Cl)nc(CC34CC(C3)C4)n2n1. The second-order valence-corrected chi connectivity index (χ2v) is 5.75. The summed E-state index contributed by atoms with van der Waals surface area (Å²) in [6, 6.07) is 0. The molecule has 5 rings (SSSR count). The van der Waals surface area contributed by atoms with Gasteiger partial charge in [-0.15, -0.1) is 5.10 Å². The smallest absolute Gasteiger partial charge is 0.238 e. The van der Waals surface area contributed by atoms with Crippen LogP contribution < -0.4 is 5.73 Å². The average molecular weight is 250 g/mol. The van der Waals surface area contributed by atoms with Gasteiger partial charge in [0, 0.05) is 6.42 Å². The van der Waals surface area contributed by atoms with E-state index < -0.39 is 0 Å². The Labute approximate surface area is 103 Å². The molecule has 5 nitrogen and oxygen atoms in total. The first-order valence-electron chi connectivity index (χ1n) is 5.81. The fourth-order valence-corrected chi connectivity index (χ4v) is 3.47. The van der Waals surface area contributed by atoms with E-state index >= 15 is 0 Å². The predicted molar refractivity (Wildman–Crippen MR) is 63.7 cm³/mol. The maximum atomic E-state index is 6.08. The molecule has 3 aliphatic rings. The predicted octanol–water partition coefficient (Wildman–Crippen LogP) is 1.70. The molecule has 0 atom stereocenters. The molecule has 2 heterocycles. The van der Waals surface area contributed by atoms with Crippen LogP contribution in [0, 0.1) is 11.3 Å². The molecule has 0 amide bonds. The summed E-state index contributed by atoms with van der Waals surface area (Å²) in [7, 11) is 0. The topological polar surface area (TPSA) is 69.1 Å². The van der Waals surface area contributed by atoms with Gasteiger partial charge in [-0.3, -0.25) is 0 Å². The maximum Gasteiger partial charge on any atom is 0.238 e. The summed E-state index contributed by atoms with van der Waals surface area (Å²) in [6.45, 7) is 0. The lowest BCUT2D eigenvalue weighted by molar-refractivity contribution is -0.106. The van der Waals surface area contributed by atoms with Crippen molar-refractivity contribution in [3.8, 4) is 0 Å². The van der Waals surface area contributed by atoms with E-state index in [4.69, 9.17) is 17.3 Å². The second-order valence-electron chi connectivity index (χ2n) is 5.39. The van der Waals surface area contributed by atoms with Gasteiger partial charge in [0.25, 0.3) is 0 Å². The third-order valence-corrected chi connectivity index (χ3v) is 4.41. The highest BCUT2D eigenvalue weighted by molar-refractivity contribution is 6.32. The number of imidazole rings is 1. The van der Waals surface area contributed by atoms with Crippen molar-refractivity contribution >= 4 is 23.1 Å². The first-order valence-corrected chi connectivity index (χ1v) is 6.19. The van der Waals surface area contributed by atoms with Crippen molar-refractivity contribution in [3.05, 3.63) is 17.2 Å². The van der Waals surface area contributed by atoms with Crippen LogP contribution in [-0.2, 0) is 6.42 Å². The highest BCUT2D eigenvalue weighted by Crippen LogP contribution is 2.65. The number of halogens is 1. The molecule has 17 heavy (non-hydrogen) atoms. The Morgan fingerprint density at radius 2 is 2.24 bits per heavy atom. The number of nitrogens with two attached hydrogens (primary N) is 1. The molecule has 2 N–H and O–H groups in total. The lowest BCUT2D eigenvalue weighted by Gasteiger charge is -2.62. The van der Waals surface area contributed by atoms with E-state index in [1.165, 1.54) is 19.3 Å². The number of fused-ring (bicyclic) bond motifs is 1. The molecule has 0 saturated heterocycles. The highest BCUT2D eigenvalue weighted by Gasteiger charge is 2.56. The van der Waals surface area contributed by atoms with Gasteiger partial charge in [0.1, 0.15) is 11.3 Å². The molecule has 0 aliphatic heterocycles. The van der Waals surface area contributed by atoms with Crippen molar-refractivity contribution in [2.45, 2.75) is 25.7 Å². The molecule has 0 radical (unpaired) electrons. The monoisotopic (exact) mass is 249 g/mol. The Morgan fingerprint density at radius 3 is 2.88 bits per heavy atom. The molecule has 88 valence electrons. The van der Waals surface area contributed by atoms with Gasteiger partial charge < -0.3 is 5.73 Å². The minimum Gasteiger partial charge on any atom is -0.367 e. The first kappa shape index (κ1) is 9.65. The molecular weight excluding hydrogens is 238 g/mol. The van der Waals surface area contributed by atoms with E-state index in [0.29, 0.717) is 10.6 Å². The number of nitrogens with zero attached hydrogens (tertiary/aromatic N) is 4. The summed E-state index contributed by atoms with van der Waals surface area (Å²) in [4.78, 5) is 8.34. The van der Waals surface area contributed by atoms with Crippen LogP contribution in [0.5, 0.6) is 0 Å². The van der Waals surface area contributed by atoms with Crippen molar-refractivity contribution in [1.29, 1.82) is 0 Å². The van der Waals surface area contributed by atoms with E-state index in [9.17, 15) is 0 Å². The number of hydrogen-bond acceptors (Lipinski definition) is 4.